The van der Waals surface area contributed by atoms with E-state index in [4.69, 9.17) is 10.2 Å². The van der Waals surface area contributed by atoms with Gasteiger partial charge in [0.2, 0.25) is 6.29 Å². The van der Waals surface area contributed by atoms with Crippen LogP contribution in [0.1, 0.15) is 33.5 Å². The topological polar surface area (TPSA) is 75.6 Å². The molecule has 8 nitrogen and oxygen atoms in total. The van der Waals surface area contributed by atoms with Gasteiger partial charge in [-0.3, -0.25) is 10.2 Å². The number of anilines is 1. The molecule has 0 aromatic heterocycles. The Morgan fingerprint density at radius 2 is 1.62 bits per heavy atom. The molecule has 0 radical (unpaired) electrons. The first-order valence-electron chi connectivity index (χ1n) is 11.2. The van der Waals surface area contributed by atoms with Crippen LogP contribution >= 0.6 is 0 Å². The summed E-state index contributed by atoms with van der Waals surface area (Å²) in [6.07, 6.45) is 0.271. The second kappa shape index (κ2) is 6.95. The molecule has 1 atom stereocenters. The fourth-order valence-corrected chi connectivity index (χ4v) is 4.89. The third kappa shape index (κ3) is 2.62. The number of para-hydroxylation sites is 1. The zero-order valence-electron chi connectivity index (χ0n) is 18.4. The number of amidine groups is 1. The van der Waals surface area contributed by atoms with Crippen molar-refractivity contribution in [3.63, 3.8) is 0 Å². The molecule has 0 bridgehead atoms. The quantitative estimate of drug-likeness (QED) is 0.642. The lowest BCUT2D eigenvalue weighted by Gasteiger charge is -2.28. The summed E-state index contributed by atoms with van der Waals surface area (Å²) in [5, 5.41) is 19.3. The lowest BCUT2D eigenvalue weighted by Crippen LogP contribution is -2.49. The van der Waals surface area contributed by atoms with Crippen molar-refractivity contribution in [1.82, 2.24) is 20.5 Å². The largest absolute Gasteiger partial charge is 0.345 e. The molecule has 0 spiro atoms. The van der Waals surface area contributed by atoms with Gasteiger partial charge >= 0.3 is 0 Å². The van der Waals surface area contributed by atoms with Crippen LogP contribution in [0.15, 0.2) is 101 Å². The number of carbonyl (C=O) groups is 1. The number of aryl methyl sites for hydroxylation is 1. The van der Waals surface area contributed by atoms with Gasteiger partial charge in [0.15, 0.2) is 11.7 Å². The average molecular weight is 448 g/mol. The Morgan fingerprint density at radius 1 is 0.882 bits per heavy atom. The second-order valence-corrected chi connectivity index (χ2v) is 8.63. The molecule has 34 heavy (non-hydrogen) atoms. The number of carbonyl (C=O) groups excluding carboxylic acids is 1. The number of nitrogens with one attached hydrogen (secondary N) is 2. The first-order chi connectivity index (χ1) is 16.7. The van der Waals surface area contributed by atoms with Crippen LogP contribution in [0.4, 0.5) is 5.69 Å². The van der Waals surface area contributed by atoms with Gasteiger partial charge in [-0.25, -0.2) is 15.0 Å². The molecule has 4 aliphatic rings. The number of allylic oxidation sites excluding steroid dienone is 1. The minimum atomic E-state index is -0.366. The molecule has 3 aromatic carbocycles. The highest BCUT2D eigenvalue weighted by Gasteiger charge is 2.51. The normalized spacial score (nSPS) is 19.9. The Labute approximate surface area is 196 Å². The molecule has 1 amide bonds. The van der Waals surface area contributed by atoms with Crippen molar-refractivity contribution < 1.29 is 4.79 Å². The number of fused-ring (bicyclic) bond motifs is 6. The van der Waals surface area contributed by atoms with Crippen molar-refractivity contribution in [3.05, 3.63) is 113 Å². The molecule has 0 aliphatic carbocycles. The maximum absolute atomic E-state index is 12.9. The zero-order chi connectivity index (χ0) is 22.8. The zero-order valence-corrected chi connectivity index (χ0v) is 18.4. The highest BCUT2D eigenvalue weighted by molar-refractivity contribution is 6.14. The van der Waals surface area contributed by atoms with Gasteiger partial charge < -0.3 is 5.32 Å². The van der Waals surface area contributed by atoms with Gasteiger partial charge in [-0.05, 0) is 30.2 Å². The fraction of sp³-hybridized carbons (Fsp3) is 0.115. The highest BCUT2D eigenvalue weighted by atomic mass is 16.2. The predicted molar refractivity (Wildman–Crippen MR) is 129 cm³/mol. The second-order valence-electron chi connectivity index (χ2n) is 8.63. The Bertz CT molecular complexity index is 1440. The summed E-state index contributed by atoms with van der Waals surface area (Å²) < 4.78 is 0. The van der Waals surface area contributed by atoms with Gasteiger partial charge in [-0.2, -0.15) is 5.10 Å². The monoisotopic (exact) mass is 447 g/mol. The van der Waals surface area contributed by atoms with E-state index in [0.29, 0.717) is 17.8 Å². The molecule has 8 heteroatoms. The number of benzene rings is 3. The Balaban J connectivity index is 1.35. The lowest BCUT2D eigenvalue weighted by molar-refractivity contribution is 0.0867. The minimum absolute atomic E-state index is 0.145. The van der Waals surface area contributed by atoms with Crippen LogP contribution in [0.5, 0.6) is 0 Å². The van der Waals surface area contributed by atoms with Crippen LogP contribution < -0.4 is 10.7 Å². The number of hydrogen-bond acceptors (Lipinski definition) is 7. The van der Waals surface area contributed by atoms with Crippen molar-refractivity contribution in [2.24, 2.45) is 10.2 Å². The van der Waals surface area contributed by atoms with Crippen molar-refractivity contribution in [1.29, 1.82) is 0 Å². The molecule has 2 N–H and O–H groups in total. The summed E-state index contributed by atoms with van der Waals surface area (Å²) in [4.78, 5) is 12.9. The predicted octanol–water partition coefficient (Wildman–Crippen LogP) is 3.62. The molecule has 4 aliphatic heterocycles. The van der Waals surface area contributed by atoms with E-state index in [1.165, 1.54) is 0 Å². The van der Waals surface area contributed by atoms with E-state index < -0.39 is 0 Å². The number of hydrogen-bond donors (Lipinski definition) is 2. The first-order valence-corrected chi connectivity index (χ1v) is 11.2. The van der Waals surface area contributed by atoms with Gasteiger partial charge in [0, 0.05) is 17.7 Å². The summed E-state index contributed by atoms with van der Waals surface area (Å²) >= 11 is 0. The number of hydrazine groups is 1. The third-order valence-electron chi connectivity index (χ3n) is 6.57. The maximum Gasteiger partial charge on any atom is 0.270 e. The molecule has 7 rings (SSSR count). The summed E-state index contributed by atoms with van der Waals surface area (Å²) in [5.41, 5.74) is 9.66. The first kappa shape index (κ1) is 18.9. The van der Waals surface area contributed by atoms with Crippen LogP contribution in [0.25, 0.3) is 0 Å². The number of nitrogens with zero attached hydrogens (tertiary/aromatic N) is 5. The number of hydrazone groups is 2. The van der Waals surface area contributed by atoms with Gasteiger partial charge in [0.1, 0.15) is 0 Å². The van der Waals surface area contributed by atoms with Crippen LogP contribution in [0.2, 0.25) is 0 Å². The molecular weight excluding hydrogens is 426 g/mol. The van der Waals surface area contributed by atoms with E-state index in [9.17, 15) is 4.79 Å². The van der Waals surface area contributed by atoms with Crippen LogP contribution in [-0.4, -0.2) is 38.8 Å². The van der Waals surface area contributed by atoms with E-state index in [1.807, 2.05) is 64.6 Å². The SMILES string of the molecule is Cc1ccccc1NC1N2N=C(c3ccccc3)CC2=C2N3NC(=O)c4ccccc4C3=NN21. The molecule has 3 aromatic rings. The van der Waals surface area contributed by atoms with Gasteiger partial charge in [-0.1, -0.05) is 66.7 Å². The molecule has 166 valence electrons. The van der Waals surface area contributed by atoms with E-state index in [-0.39, 0.29) is 12.2 Å². The van der Waals surface area contributed by atoms with Crippen molar-refractivity contribution in [2.45, 2.75) is 19.6 Å². The molecule has 0 saturated heterocycles. The van der Waals surface area contributed by atoms with Gasteiger partial charge in [0.05, 0.1) is 17.0 Å². The number of rotatable bonds is 3. The van der Waals surface area contributed by atoms with E-state index in [2.05, 4.69) is 41.9 Å². The standard InChI is InChI=1S/C26H21N7O/c1-16-9-5-8-14-20(16)27-26-31-22(15-21(28-31)17-10-3-2-4-11-17)25-32-23(29-33(25)26)18-12-6-7-13-19(18)24(34)30-32/h2-14,26-27H,15H2,1H3,(H,30,34). The van der Waals surface area contributed by atoms with Crippen molar-refractivity contribution >= 4 is 23.1 Å². The molecule has 0 fully saturated rings. The fourth-order valence-electron chi connectivity index (χ4n) is 4.89. The lowest BCUT2D eigenvalue weighted by atomic mass is 10.0. The molecule has 1 unspecified atom stereocenters. The average Bonchev–Trinajstić information content (AvgIpc) is 3.52. The van der Waals surface area contributed by atoms with Gasteiger partial charge in [0.25, 0.3) is 5.91 Å². The number of amides is 1. The summed E-state index contributed by atoms with van der Waals surface area (Å²) in [5.74, 6) is 1.38. The highest BCUT2D eigenvalue weighted by Crippen LogP contribution is 2.43. The minimum Gasteiger partial charge on any atom is -0.345 e. The van der Waals surface area contributed by atoms with Crippen LogP contribution in [0.3, 0.4) is 0 Å². The maximum atomic E-state index is 12.9. The van der Waals surface area contributed by atoms with Crippen LogP contribution in [0, 0.1) is 6.92 Å². The Kier molecular flexibility index (Phi) is 3.87. The van der Waals surface area contributed by atoms with E-state index >= 15 is 0 Å². The Hall–Kier alpha value is -4.59. The van der Waals surface area contributed by atoms with Crippen molar-refractivity contribution in [3.8, 4) is 0 Å². The molecule has 0 saturated carbocycles. The smallest absolute Gasteiger partial charge is 0.270 e. The van der Waals surface area contributed by atoms with Crippen molar-refractivity contribution in [2.75, 3.05) is 5.32 Å². The summed E-state index contributed by atoms with van der Waals surface area (Å²) in [6, 6.07) is 25.9. The van der Waals surface area contributed by atoms with E-state index in [0.717, 1.165) is 39.6 Å². The molecule has 4 heterocycles. The van der Waals surface area contributed by atoms with E-state index in [1.54, 1.807) is 5.01 Å². The summed E-state index contributed by atoms with van der Waals surface area (Å²) in [7, 11) is 0. The molecular formula is C26H21N7O. The van der Waals surface area contributed by atoms with Gasteiger partial charge in [-0.15, -0.1) is 5.10 Å². The Morgan fingerprint density at radius 3 is 2.44 bits per heavy atom. The van der Waals surface area contributed by atoms with Crippen LogP contribution in [-0.2, 0) is 0 Å². The third-order valence-corrected chi connectivity index (χ3v) is 6.57. The summed E-state index contributed by atoms with van der Waals surface area (Å²) in [6.45, 7) is 2.07.